The van der Waals surface area contributed by atoms with Crippen molar-refractivity contribution < 1.29 is 13.2 Å². The Kier molecular flexibility index (Phi) is 5.65. The highest BCUT2D eigenvalue weighted by Crippen LogP contribution is 2.22. The summed E-state index contributed by atoms with van der Waals surface area (Å²) in [4.78, 5) is 14.4. The van der Waals surface area contributed by atoms with Gasteiger partial charge in [-0.1, -0.05) is 29.8 Å². The molecule has 0 atom stereocenters. The summed E-state index contributed by atoms with van der Waals surface area (Å²) in [6, 6.07) is 13.5. The van der Waals surface area contributed by atoms with Crippen LogP contribution in [0.15, 0.2) is 53.4 Å². The maximum atomic E-state index is 12.7. The molecule has 1 saturated heterocycles. The highest BCUT2D eigenvalue weighted by atomic mass is 35.5. The van der Waals surface area contributed by atoms with Crippen molar-refractivity contribution in [2.45, 2.75) is 24.3 Å². The number of amides is 1. The molecule has 0 unspecified atom stereocenters. The number of hydrogen-bond acceptors (Lipinski definition) is 3. The smallest absolute Gasteiger partial charge is 0.253 e. The minimum absolute atomic E-state index is 0.171. The van der Waals surface area contributed by atoms with Crippen LogP contribution in [0, 0.1) is 0 Å². The predicted molar refractivity (Wildman–Crippen MR) is 102 cm³/mol. The van der Waals surface area contributed by atoms with Crippen LogP contribution in [-0.2, 0) is 16.6 Å². The van der Waals surface area contributed by atoms with E-state index in [0.29, 0.717) is 30.2 Å². The number of hydrogen-bond donors (Lipinski definition) is 0. The molecule has 1 fully saturated rings. The van der Waals surface area contributed by atoms with Crippen molar-refractivity contribution in [1.82, 2.24) is 9.21 Å². The van der Waals surface area contributed by atoms with Gasteiger partial charge in [-0.15, -0.1) is 0 Å². The molecule has 7 heteroatoms. The van der Waals surface area contributed by atoms with Gasteiger partial charge >= 0.3 is 0 Å². The fraction of sp³-hybridized carbons (Fsp3) is 0.316. The van der Waals surface area contributed by atoms with Crippen LogP contribution >= 0.6 is 11.6 Å². The van der Waals surface area contributed by atoms with E-state index in [9.17, 15) is 13.2 Å². The summed E-state index contributed by atoms with van der Waals surface area (Å²) in [5, 5.41) is 0.641. The van der Waals surface area contributed by atoms with Crippen molar-refractivity contribution in [1.29, 1.82) is 0 Å². The van der Waals surface area contributed by atoms with Gasteiger partial charge in [0.15, 0.2) is 0 Å². The summed E-state index contributed by atoms with van der Waals surface area (Å²) in [7, 11) is -1.84. The molecule has 1 aliphatic rings. The Morgan fingerprint density at radius 3 is 2.42 bits per heavy atom. The van der Waals surface area contributed by atoms with Crippen molar-refractivity contribution in [2.75, 3.05) is 20.1 Å². The van der Waals surface area contributed by atoms with Gasteiger partial charge in [0.25, 0.3) is 5.91 Å². The van der Waals surface area contributed by atoms with Crippen LogP contribution in [0.2, 0.25) is 5.02 Å². The van der Waals surface area contributed by atoms with Crippen molar-refractivity contribution in [3.63, 3.8) is 0 Å². The van der Waals surface area contributed by atoms with Crippen molar-refractivity contribution >= 4 is 27.5 Å². The molecule has 0 radical (unpaired) electrons. The zero-order valence-corrected chi connectivity index (χ0v) is 16.1. The average molecular weight is 393 g/mol. The lowest BCUT2D eigenvalue weighted by molar-refractivity contribution is 0.0785. The molecule has 3 rings (SSSR count). The van der Waals surface area contributed by atoms with Crippen LogP contribution in [0.4, 0.5) is 0 Å². The average Bonchev–Trinajstić information content (AvgIpc) is 3.18. The molecule has 0 aliphatic carbocycles. The van der Waals surface area contributed by atoms with E-state index in [4.69, 9.17) is 11.6 Å². The van der Waals surface area contributed by atoms with Crippen molar-refractivity contribution in [2.24, 2.45) is 0 Å². The number of benzene rings is 2. The molecule has 1 aliphatic heterocycles. The van der Waals surface area contributed by atoms with Gasteiger partial charge < -0.3 is 4.90 Å². The molecular formula is C19H21ClN2O3S. The highest BCUT2D eigenvalue weighted by molar-refractivity contribution is 7.89. The van der Waals surface area contributed by atoms with Crippen molar-refractivity contribution in [3.8, 4) is 0 Å². The summed E-state index contributed by atoms with van der Waals surface area (Å²) in [6.07, 6.45) is 1.75. The van der Waals surface area contributed by atoms with Gasteiger partial charge in [0.2, 0.25) is 10.0 Å². The Bertz CT molecular complexity index is 891. The maximum Gasteiger partial charge on any atom is 0.253 e. The second kappa shape index (κ2) is 7.78. The standard InChI is InChI=1S/C19H21ClN2O3S/c1-21(14-15-7-9-17(20)10-8-15)19(23)16-5-4-6-18(13-16)26(24,25)22-11-2-3-12-22/h4-10,13H,2-3,11-12,14H2,1H3. The predicted octanol–water partition coefficient (Wildman–Crippen LogP) is 3.40. The number of rotatable bonds is 5. The minimum atomic E-state index is -3.54. The maximum absolute atomic E-state index is 12.7. The van der Waals surface area contributed by atoms with E-state index in [1.807, 2.05) is 12.1 Å². The van der Waals surface area contributed by atoms with E-state index >= 15 is 0 Å². The molecule has 0 saturated carbocycles. The van der Waals surface area contributed by atoms with Crippen LogP contribution < -0.4 is 0 Å². The normalized spacial score (nSPS) is 15.2. The molecule has 2 aromatic carbocycles. The molecule has 0 spiro atoms. The molecule has 0 N–H and O–H groups in total. The number of carbonyl (C=O) groups excluding carboxylic acids is 1. The number of nitrogens with zero attached hydrogens (tertiary/aromatic N) is 2. The Balaban J connectivity index is 1.78. The molecule has 5 nitrogen and oxygen atoms in total. The zero-order chi connectivity index (χ0) is 18.7. The fourth-order valence-corrected chi connectivity index (χ4v) is 4.71. The SMILES string of the molecule is CN(Cc1ccc(Cl)cc1)C(=O)c1cccc(S(=O)(=O)N2CCCC2)c1. The Morgan fingerprint density at radius 2 is 1.77 bits per heavy atom. The zero-order valence-electron chi connectivity index (χ0n) is 14.6. The molecule has 0 aromatic heterocycles. The lowest BCUT2D eigenvalue weighted by atomic mass is 10.1. The monoisotopic (exact) mass is 392 g/mol. The molecule has 1 amide bonds. The van der Waals surface area contributed by atoms with E-state index < -0.39 is 10.0 Å². The largest absolute Gasteiger partial charge is 0.337 e. The topological polar surface area (TPSA) is 57.7 Å². The first-order valence-corrected chi connectivity index (χ1v) is 10.3. The van der Waals surface area contributed by atoms with E-state index in [-0.39, 0.29) is 10.8 Å². The van der Waals surface area contributed by atoms with Gasteiger partial charge in [-0.3, -0.25) is 4.79 Å². The third-order valence-corrected chi connectivity index (χ3v) is 6.61. The number of halogens is 1. The lowest BCUT2D eigenvalue weighted by Crippen LogP contribution is -2.29. The first-order chi connectivity index (χ1) is 12.4. The second-order valence-corrected chi connectivity index (χ2v) is 8.80. The van der Waals surface area contributed by atoms with E-state index in [1.165, 1.54) is 10.4 Å². The Labute approximate surface area is 159 Å². The van der Waals surface area contributed by atoms with Gasteiger partial charge in [0.05, 0.1) is 4.90 Å². The summed E-state index contributed by atoms with van der Waals surface area (Å²) < 4.78 is 26.9. The quantitative estimate of drug-likeness (QED) is 0.783. The Morgan fingerprint density at radius 1 is 1.12 bits per heavy atom. The molecule has 0 bridgehead atoms. The number of sulfonamides is 1. The van der Waals surface area contributed by atoms with Gasteiger partial charge in [0.1, 0.15) is 0 Å². The minimum Gasteiger partial charge on any atom is -0.337 e. The first kappa shape index (κ1) is 18.9. The van der Waals surface area contributed by atoms with E-state index in [2.05, 4.69) is 0 Å². The van der Waals surface area contributed by atoms with Crippen molar-refractivity contribution in [3.05, 3.63) is 64.7 Å². The van der Waals surface area contributed by atoms with Gasteiger partial charge in [-0.2, -0.15) is 4.31 Å². The third kappa shape index (κ3) is 4.09. The first-order valence-electron chi connectivity index (χ1n) is 8.48. The van der Waals surface area contributed by atoms with E-state index in [0.717, 1.165) is 18.4 Å². The fourth-order valence-electron chi connectivity index (χ4n) is 3.02. The summed E-state index contributed by atoms with van der Waals surface area (Å²) in [5.74, 6) is -0.224. The summed E-state index contributed by atoms with van der Waals surface area (Å²) in [5.41, 5.74) is 1.31. The Hall–Kier alpha value is -1.89. The second-order valence-electron chi connectivity index (χ2n) is 6.43. The van der Waals surface area contributed by atoms with E-state index in [1.54, 1.807) is 42.3 Å². The van der Waals surface area contributed by atoms with Crippen LogP contribution in [-0.4, -0.2) is 43.7 Å². The van der Waals surface area contributed by atoms with Gasteiger partial charge in [-0.05, 0) is 48.7 Å². The third-order valence-electron chi connectivity index (χ3n) is 4.46. The molecule has 138 valence electrons. The van der Waals surface area contributed by atoms with Crippen LogP contribution in [0.25, 0.3) is 0 Å². The van der Waals surface area contributed by atoms with Crippen LogP contribution in [0.5, 0.6) is 0 Å². The molecule has 26 heavy (non-hydrogen) atoms. The van der Waals surface area contributed by atoms with Crippen LogP contribution in [0.3, 0.4) is 0 Å². The van der Waals surface area contributed by atoms with Crippen LogP contribution in [0.1, 0.15) is 28.8 Å². The summed E-state index contributed by atoms with van der Waals surface area (Å²) in [6.45, 7) is 1.49. The summed E-state index contributed by atoms with van der Waals surface area (Å²) >= 11 is 5.88. The molecular weight excluding hydrogens is 372 g/mol. The highest BCUT2D eigenvalue weighted by Gasteiger charge is 2.27. The molecule has 2 aromatic rings. The van der Waals surface area contributed by atoms with Gasteiger partial charge in [0, 0.05) is 37.3 Å². The lowest BCUT2D eigenvalue weighted by Gasteiger charge is -2.19. The number of carbonyl (C=O) groups is 1. The molecule has 1 heterocycles. The van der Waals surface area contributed by atoms with Gasteiger partial charge in [-0.25, -0.2) is 8.42 Å².